The second kappa shape index (κ2) is 10.5. The van der Waals surface area contributed by atoms with Gasteiger partial charge in [0.25, 0.3) is 0 Å². The molecule has 4 rings (SSSR count). The van der Waals surface area contributed by atoms with Crippen molar-refractivity contribution in [2.75, 3.05) is 0 Å². The molecular formula is C20H19F3N6O4. The van der Waals surface area contributed by atoms with Gasteiger partial charge in [-0.3, -0.25) is 14.9 Å². The molecule has 0 saturated carbocycles. The Kier molecular flexibility index (Phi) is 7.53. The minimum atomic E-state index is -5.08. The Bertz CT molecular complexity index is 1080. The number of aryl methyl sites for hydroxylation is 1. The van der Waals surface area contributed by atoms with Gasteiger partial charge in [0.15, 0.2) is 0 Å². The lowest BCUT2D eigenvalue weighted by molar-refractivity contribution is -0.192. The Morgan fingerprint density at radius 1 is 1.15 bits per heavy atom. The molecule has 0 radical (unpaired) electrons. The van der Waals surface area contributed by atoms with Crippen molar-refractivity contribution in [3.63, 3.8) is 0 Å². The predicted molar refractivity (Wildman–Crippen MR) is 105 cm³/mol. The molecule has 0 fully saturated rings. The van der Waals surface area contributed by atoms with Crippen molar-refractivity contribution in [1.29, 1.82) is 0 Å². The minimum Gasteiger partial charge on any atom is -0.486 e. The molecule has 0 atom stereocenters. The van der Waals surface area contributed by atoms with Crippen molar-refractivity contribution in [2.24, 2.45) is 0 Å². The van der Waals surface area contributed by atoms with Gasteiger partial charge in [-0.25, -0.2) is 14.8 Å². The fourth-order valence-corrected chi connectivity index (χ4v) is 2.95. The van der Waals surface area contributed by atoms with Crippen molar-refractivity contribution >= 4 is 11.9 Å². The summed E-state index contributed by atoms with van der Waals surface area (Å²) in [4.78, 5) is 35.2. The van der Waals surface area contributed by atoms with Gasteiger partial charge < -0.3 is 14.7 Å². The molecule has 0 saturated heterocycles. The second-order valence-corrected chi connectivity index (χ2v) is 6.90. The van der Waals surface area contributed by atoms with E-state index in [1.165, 1.54) is 6.33 Å². The number of hydrogen-bond acceptors (Lipinski definition) is 7. The number of ether oxygens (including phenoxy) is 1. The summed E-state index contributed by atoms with van der Waals surface area (Å²) in [5.41, 5.74) is 3.82. The second-order valence-electron chi connectivity index (χ2n) is 6.90. The number of fused-ring (bicyclic) bond motifs is 1. The third-order valence-electron chi connectivity index (χ3n) is 4.58. The third kappa shape index (κ3) is 6.72. The van der Waals surface area contributed by atoms with Gasteiger partial charge in [0.05, 0.1) is 18.4 Å². The fourth-order valence-electron chi connectivity index (χ4n) is 2.95. The van der Waals surface area contributed by atoms with Crippen LogP contribution in [0.5, 0.6) is 5.75 Å². The number of nitrogens with one attached hydrogen (secondary N) is 1. The first-order valence-corrected chi connectivity index (χ1v) is 9.63. The number of aromatic amines is 1. The van der Waals surface area contributed by atoms with Crippen molar-refractivity contribution in [3.8, 4) is 5.75 Å². The number of aliphatic carboxylic acids is 1. The summed E-state index contributed by atoms with van der Waals surface area (Å²) in [6.07, 6.45) is 4.32. The SMILES string of the molecule is O=C(CCc1cncnc1)N1Cc2[nH]nc(COc3cccnc3)c2C1.O=C(O)C(F)(F)F. The highest BCUT2D eigenvalue weighted by molar-refractivity contribution is 5.77. The fraction of sp³-hybridized carbons (Fsp3) is 0.300. The Hall–Kier alpha value is -4.03. The topological polar surface area (TPSA) is 134 Å². The molecule has 1 aliphatic heterocycles. The van der Waals surface area contributed by atoms with Crippen LogP contribution in [0.4, 0.5) is 13.2 Å². The zero-order valence-electron chi connectivity index (χ0n) is 17.1. The largest absolute Gasteiger partial charge is 0.490 e. The van der Waals surface area contributed by atoms with Gasteiger partial charge in [0, 0.05) is 37.1 Å². The van der Waals surface area contributed by atoms with Crippen LogP contribution in [-0.4, -0.2) is 53.2 Å². The summed E-state index contributed by atoms with van der Waals surface area (Å²) in [7, 11) is 0. The average molecular weight is 464 g/mol. The number of alkyl halides is 3. The van der Waals surface area contributed by atoms with Gasteiger partial charge >= 0.3 is 12.1 Å². The number of aromatic nitrogens is 5. The molecule has 1 aliphatic rings. The standard InChI is InChI=1S/C18H18N6O2.C2HF3O2/c25-18(4-3-13-6-20-12-21-7-13)24-9-15-16(10-24)22-23-17(15)11-26-14-2-1-5-19-8-14;3-2(4,5)1(6)7/h1-2,5-8,12H,3-4,9-11H2,(H,22,23);(H,6,7). The summed E-state index contributed by atoms with van der Waals surface area (Å²) >= 11 is 0. The normalized spacial score (nSPS) is 12.5. The molecule has 10 nitrogen and oxygen atoms in total. The highest BCUT2D eigenvalue weighted by Gasteiger charge is 2.38. The van der Waals surface area contributed by atoms with Crippen LogP contribution in [-0.2, 0) is 35.7 Å². The smallest absolute Gasteiger partial charge is 0.486 e. The van der Waals surface area contributed by atoms with Crippen LogP contribution in [0.15, 0.2) is 43.2 Å². The van der Waals surface area contributed by atoms with E-state index in [4.69, 9.17) is 14.6 Å². The Morgan fingerprint density at radius 2 is 1.88 bits per heavy atom. The lowest BCUT2D eigenvalue weighted by Gasteiger charge is -2.15. The first-order valence-electron chi connectivity index (χ1n) is 9.63. The first kappa shape index (κ1) is 23.6. The van der Waals surface area contributed by atoms with E-state index in [0.29, 0.717) is 38.3 Å². The third-order valence-corrected chi connectivity index (χ3v) is 4.58. The molecule has 33 heavy (non-hydrogen) atoms. The molecule has 174 valence electrons. The van der Waals surface area contributed by atoms with Crippen LogP contribution in [0.1, 0.15) is 28.9 Å². The van der Waals surface area contributed by atoms with Gasteiger partial charge in [-0.15, -0.1) is 0 Å². The Labute approximate surface area is 185 Å². The molecule has 1 amide bonds. The van der Waals surface area contributed by atoms with E-state index in [0.717, 1.165) is 22.5 Å². The van der Waals surface area contributed by atoms with E-state index in [9.17, 15) is 18.0 Å². The molecule has 0 unspecified atom stereocenters. The van der Waals surface area contributed by atoms with Crippen LogP contribution >= 0.6 is 0 Å². The molecule has 4 heterocycles. The molecule has 0 spiro atoms. The van der Waals surface area contributed by atoms with Gasteiger partial charge in [0.2, 0.25) is 5.91 Å². The molecule has 3 aromatic rings. The summed E-state index contributed by atoms with van der Waals surface area (Å²) in [5.74, 6) is -1.95. The molecule has 13 heteroatoms. The van der Waals surface area contributed by atoms with Crippen LogP contribution < -0.4 is 4.74 Å². The quantitative estimate of drug-likeness (QED) is 0.568. The van der Waals surface area contributed by atoms with Gasteiger partial charge in [-0.05, 0) is 24.1 Å². The maximum absolute atomic E-state index is 12.5. The molecular weight excluding hydrogens is 445 g/mol. The van der Waals surface area contributed by atoms with Crippen molar-refractivity contribution in [3.05, 3.63) is 65.8 Å². The zero-order chi connectivity index (χ0) is 23.8. The van der Waals surface area contributed by atoms with E-state index < -0.39 is 12.1 Å². The van der Waals surface area contributed by atoms with Gasteiger partial charge in [0.1, 0.15) is 24.4 Å². The summed E-state index contributed by atoms with van der Waals surface area (Å²) in [6.45, 7) is 1.46. The predicted octanol–water partition coefficient (Wildman–Crippen LogP) is 2.28. The highest BCUT2D eigenvalue weighted by Crippen LogP contribution is 2.25. The maximum Gasteiger partial charge on any atom is 0.490 e. The molecule has 0 bridgehead atoms. The number of carbonyl (C=O) groups is 2. The average Bonchev–Trinajstić information content (AvgIpc) is 3.39. The highest BCUT2D eigenvalue weighted by atomic mass is 19.4. The summed E-state index contributed by atoms with van der Waals surface area (Å²) in [6, 6.07) is 3.67. The van der Waals surface area contributed by atoms with Crippen LogP contribution in [0.25, 0.3) is 0 Å². The number of pyridine rings is 1. The number of rotatable bonds is 6. The van der Waals surface area contributed by atoms with Gasteiger partial charge in [-0.2, -0.15) is 18.3 Å². The molecule has 2 N–H and O–H groups in total. The van der Waals surface area contributed by atoms with E-state index >= 15 is 0 Å². The first-order chi connectivity index (χ1) is 15.7. The Balaban J connectivity index is 0.000000383. The summed E-state index contributed by atoms with van der Waals surface area (Å²) in [5, 5.41) is 14.5. The van der Waals surface area contributed by atoms with E-state index in [1.54, 1.807) is 24.8 Å². The number of nitrogens with zero attached hydrogens (tertiary/aromatic N) is 5. The number of H-pyrrole nitrogens is 1. The van der Waals surface area contributed by atoms with Crippen molar-refractivity contribution in [2.45, 2.75) is 38.7 Å². The van der Waals surface area contributed by atoms with E-state index in [-0.39, 0.29) is 5.91 Å². The van der Waals surface area contributed by atoms with E-state index in [1.807, 2.05) is 17.0 Å². The number of halogens is 3. The molecule has 3 aromatic heterocycles. The molecule has 0 aromatic carbocycles. The number of amides is 1. The number of hydrogen-bond donors (Lipinski definition) is 2. The maximum atomic E-state index is 12.5. The van der Waals surface area contributed by atoms with Gasteiger partial charge in [-0.1, -0.05) is 0 Å². The number of carbonyl (C=O) groups excluding carboxylic acids is 1. The van der Waals surface area contributed by atoms with Crippen molar-refractivity contribution in [1.82, 2.24) is 30.0 Å². The number of carboxylic acid groups (broad SMARTS) is 1. The van der Waals surface area contributed by atoms with E-state index in [2.05, 4.69) is 25.1 Å². The zero-order valence-corrected chi connectivity index (χ0v) is 17.1. The van der Waals surface area contributed by atoms with Crippen LogP contribution in [0, 0.1) is 0 Å². The van der Waals surface area contributed by atoms with Crippen molar-refractivity contribution < 1.29 is 32.6 Å². The number of carboxylic acids is 1. The van der Waals surface area contributed by atoms with Crippen LogP contribution in [0.2, 0.25) is 0 Å². The summed E-state index contributed by atoms with van der Waals surface area (Å²) < 4.78 is 37.5. The lowest BCUT2D eigenvalue weighted by Crippen LogP contribution is -2.26. The Morgan fingerprint density at radius 3 is 2.52 bits per heavy atom. The van der Waals surface area contributed by atoms with Crippen LogP contribution in [0.3, 0.4) is 0 Å². The molecule has 0 aliphatic carbocycles. The monoisotopic (exact) mass is 464 g/mol. The lowest BCUT2D eigenvalue weighted by atomic mass is 10.2. The minimum absolute atomic E-state index is 0.109.